The van der Waals surface area contributed by atoms with Gasteiger partial charge >= 0.3 is 0 Å². The molecule has 1 aromatic heterocycles. The first kappa shape index (κ1) is 25.1. The van der Waals surface area contributed by atoms with Crippen LogP contribution in [0.25, 0.3) is 0 Å². The molecule has 0 unspecified atom stereocenters. The van der Waals surface area contributed by atoms with E-state index in [1.807, 2.05) is 4.57 Å². The third-order valence-electron chi connectivity index (χ3n) is 3.46. The maximum Gasteiger partial charge on any atom is 0.191 e. The van der Waals surface area contributed by atoms with E-state index in [1.165, 1.54) is 0 Å². The number of hydrogen-bond donors (Lipinski definition) is 2. The molecule has 2 N–H and O–H groups in total. The lowest BCUT2D eigenvalue weighted by Gasteiger charge is -2.11. The topological polar surface area (TPSA) is 85.6 Å². The van der Waals surface area contributed by atoms with Crippen LogP contribution in [0.2, 0.25) is 0 Å². The van der Waals surface area contributed by atoms with Crippen molar-refractivity contribution in [2.75, 3.05) is 46.1 Å². The van der Waals surface area contributed by atoms with Crippen LogP contribution in [-0.4, -0.2) is 66.8 Å². The van der Waals surface area contributed by atoms with Crippen LogP contribution in [-0.2, 0) is 16.0 Å². The van der Waals surface area contributed by atoms with Crippen LogP contribution in [0, 0.1) is 0 Å². The predicted molar refractivity (Wildman–Crippen MR) is 115 cm³/mol. The van der Waals surface area contributed by atoms with Crippen molar-refractivity contribution in [3.05, 3.63) is 12.7 Å². The summed E-state index contributed by atoms with van der Waals surface area (Å²) in [6.45, 7) is 10.3. The maximum absolute atomic E-state index is 5.54. The van der Waals surface area contributed by atoms with Gasteiger partial charge in [0.2, 0.25) is 0 Å². The van der Waals surface area contributed by atoms with Crippen molar-refractivity contribution >= 4 is 29.9 Å². The van der Waals surface area contributed by atoms with Gasteiger partial charge in [0.15, 0.2) is 5.96 Å². The Bertz CT molecular complexity index is 431. The number of guanidine groups is 1. The normalized spacial score (nSPS) is 11.2. The molecule has 0 bridgehead atoms. The van der Waals surface area contributed by atoms with Crippen LogP contribution in [0.1, 0.15) is 39.5 Å². The summed E-state index contributed by atoms with van der Waals surface area (Å²) in [5.41, 5.74) is 0. The van der Waals surface area contributed by atoms with E-state index in [-0.39, 0.29) is 24.0 Å². The highest BCUT2D eigenvalue weighted by atomic mass is 127. The summed E-state index contributed by atoms with van der Waals surface area (Å²) >= 11 is 0. The Morgan fingerprint density at radius 1 is 0.962 bits per heavy atom. The highest BCUT2D eigenvalue weighted by molar-refractivity contribution is 14.0. The minimum absolute atomic E-state index is 0. The van der Waals surface area contributed by atoms with Gasteiger partial charge in [0.1, 0.15) is 12.7 Å². The fraction of sp³-hybridized carbons (Fsp3) is 0.824. The molecule has 0 aliphatic carbocycles. The van der Waals surface area contributed by atoms with E-state index in [1.54, 1.807) is 12.7 Å². The van der Waals surface area contributed by atoms with Crippen molar-refractivity contribution < 1.29 is 9.47 Å². The fourth-order valence-electron chi connectivity index (χ4n) is 2.09. The third-order valence-corrected chi connectivity index (χ3v) is 3.46. The molecule has 0 radical (unpaired) electrons. The fourth-order valence-corrected chi connectivity index (χ4v) is 2.09. The van der Waals surface area contributed by atoms with Crippen LogP contribution >= 0.6 is 24.0 Å². The van der Waals surface area contributed by atoms with Gasteiger partial charge in [-0.15, -0.1) is 34.2 Å². The first-order valence-electron chi connectivity index (χ1n) is 9.36. The molecule has 1 aromatic rings. The minimum Gasteiger partial charge on any atom is -0.379 e. The summed E-state index contributed by atoms with van der Waals surface area (Å²) < 4.78 is 13.0. The largest absolute Gasteiger partial charge is 0.379 e. The summed E-state index contributed by atoms with van der Waals surface area (Å²) in [4.78, 5) is 4.57. The van der Waals surface area contributed by atoms with Gasteiger partial charge in [-0.1, -0.05) is 13.3 Å². The summed E-state index contributed by atoms with van der Waals surface area (Å²) in [5, 5.41) is 14.1. The van der Waals surface area contributed by atoms with Crippen molar-refractivity contribution in [2.45, 2.75) is 46.1 Å². The van der Waals surface area contributed by atoms with Gasteiger partial charge < -0.3 is 24.7 Å². The lowest BCUT2D eigenvalue weighted by molar-refractivity contribution is 0.0487. The van der Waals surface area contributed by atoms with E-state index in [2.05, 4.69) is 39.7 Å². The molecule has 0 aromatic carbocycles. The highest BCUT2D eigenvalue weighted by Crippen LogP contribution is 1.94. The molecule has 0 spiro atoms. The number of nitrogens with zero attached hydrogens (tertiary/aromatic N) is 4. The predicted octanol–water partition coefficient (Wildman–Crippen LogP) is 2.06. The molecule has 9 heteroatoms. The van der Waals surface area contributed by atoms with E-state index in [0.29, 0.717) is 19.8 Å². The monoisotopic (exact) mass is 482 g/mol. The summed E-state index contributed by atoms with van der Waals surface area (Å²) in [6, 6.07) is 0. The average molecular weight is 482 g/mol. The number of ether oxygens (including phenoxy) is 2. The second-order valence-corrected chi connectivity index (χ2v) is 5.67. The minimum atomic E-state index is 0. The van der Waals surface area contributed by atoms with E-state index >= 15 is 0 Å². The standard InChI is InChI=1S/C17H34N6O2.HI/c1-3-5-11-24-13-14-25-12-9-20-17(18-4-2)19-8-6-7-10-23-15-21-22-16-23;/h15-16H,3-14H2,1-2H3,(H2,18,19,20);1H. The molecule has 0 saturated heterocycles. The number of halogens is 1. The average Bonchev–Trinajstić information content (AvgIpc) is 3.13. The first-order chi connectivity index (χ1) is 12.4. The maximum atomic E-state index is 5.54. The lowest BCUT2D eigenvalue weighted by Crippen LogP contribution is -2.39. The van der Waals surface area contributed by atoms with Crippen LogP contribution in [0.4, 0.5) is 0 Å². The Balaban J connectivity index is 0.00000625. The quantitative estimate of drug-likeness (QED) is 0.172. The number of nitrogens with one attached hydrogen (secondary N) is 2. The second-order valence-electron chi connectivity index (χ2n) is 5.67. The molecule has 1 rings (SSSR count). The molecule has 26 heavy (non-hydrogen) atoms. The first-order valence-corrected chi connectivity index (χ1v) is 9.36. The van der Waals surface area contributed by atoms with Crippen molar-refractivity contribution in [3.8, 4) is 0 Å². The zero-order valence-corrected chi connectivity index (χ0v) is 18.5. The van der Waals surface area contributed by atoms with E-state index in [0.717, 1.165) is 64.4 Å². The van der Waals surface area contributed by atoms with Gasteiger partial charge in [-0.2, -0.15) is 0 Å². The van der Waals surface area contributed by atoms with Crippen LogP contribution in [0.5, 0.6) is 0 Å². The smallest absolute Gasteiger partial charge is 0.191 e. The molecule has 0 aliphatic rings. The number of aryl methyl sites for hydroxylation is 1. The van der Waals surface area contributed by atoms with Gasteiger partial charge in [-0.25, -0.2) is 0 Å². The van der Waals surface area contributed by atoms with Gasteiger partial charge in [0.05, 0.1) is 19.8 Å². The second kappa shape index (κ2) is 18.8. The van der Waals surface area contributed by atoms with Gasteiger partial charge in [0.25, 0.3) is 0 Å². The molecule has 8 nitrogen and oxygen atoms in total. The zero-order chi connectivity index (χ0) is 18.0. The third kappa shape index (κ3) is 14.3. The Kier molecular flexibility index (Phi) is 18.2. The molecular weight excluding hydrogens is 447 g/mol. The number of rotatable bonds is 15. The zero-order valence-electron chi connectivity index (χ0n) is 16.2. The van der Waals surface area contributed by atoms with Crippen molar-refractivity contribution in [1.82, 2.24) is 25.4 Å². The van der Waals surface area contributed by atoms with Crippen molar-refractivity contribution in [3.63, 3.8) is 0 Å². The Hall–Kier alpha value is -0.940. The van der Waals surface area contributed by atoms with E-state index < -0.39 is 0 Å². The van der Waals surface area contributed by atoms with Gasteiger partial charge in [-0.05, 0) is 26.2 Å². The molecule has 0 atom stereocenters. The molecule has 0 saturated carbocycles. The number of aromatic nitrogens is 3. The molecule has 0 fully saturated rings. The number of unbranched alkanes of at least 4 members (excludes halogenated alkanes) is 2. The van der Waals surface area contributed by atoms with Crippen LogP contribution in [0.15, 0.2) is 17.6 Å². The highest BCUT2D eigenvalue weighted by Gasteiger charge is 1.97. The van der Waals surface area contributed by atoms with Crippen LogP contribution < -0.4 is 10.6 Å². The van der Waals surface area contributed by atoms with E-state index in [4.69, 9.17) is 9.47 Å². The molecule has 1 heterocycles. The van der Waals surface area contributed by atoms with Crippen LogP contribution in [0.3, 0.4) is 0 Å². The number of hydrogen-bond acceptors (Lipinski definition) is 5. The Morgan fingerprint density at radius 2 is 1.69 bits per heavy atom. The summed E-state index contributed by atoms with van der Waals surface area (Å²) in [7, 11) is 0. The van der Waals surface area contributed by atoms with Gasteiger partial charge in [-0.3, -0.25) is 4.99 Å². The molecule has 0 amide bonds. The van der Waals surface area contributed by atoms with Gasteiger partial charge in [0, 0.05) is 32.8 Å². The van der Waals surface area contributed by atoms with Crippen molar-refractivity contribution in [2.24, 2.45) is 4.99 Å². The van der Waals surface area contributed by atoms with Crippen molar-refractivity contribution in [1.29, 1.82) is 0 Å². The summed E-state index contributed by atoms with van der Waals surface area (Å²) in [5.74, 6) is 0.842. The summed E-state index contributed by atoms with van der Waals surface area (Å²) in [6.07, 6.45) is 7.84. The Morgan fingerprint density at radius 3 is 2.38 bits per heavy atom. The molecule has 152 valence electrons. The lowest BCUT2D eigenvalue weighted by atomic mass is 10.3. The SMILES string of the molecule is CCCCOCCOCCNC(=NCCCCn1cnnc1)NCC.I. The van der Waals surface area contributed by atoms with E-state index in [9.17, 15) is 0 Å². The molecule has 0 aliphatic heterocycles. The Labute approximate surface area is 174 Å². The number of aliphatic imine (C=N–C) groups is 1. The molecular formula is C17H35IN6O2.